The van der Waals surface area contributed by atoms with Crippen molar-refractivity contribution in [2.24, 2.45) is 5.84 Å². The fraction of sp³-hybridized carbons (Fsp3) is 1.00. The highest BCUT2D eigenvalue weighted by molar-refractivity contribution is 4.63. The SMILES string of the molecule is CN1CCN(N[N+](C)(C)N)CC1. The molecule has 1 aliphatic heterocycles. The third-order valence-corrected chi connectivity index (χ3v) is 1.90. The van der Waals surface area contributed by atoms with Crippen LogP contribution in [0.1, 0.15) is 0 Å². The first-order valence-electron chi connectivity index (χ1n) is 4.31. The van der Waals surface area contributed by atoms with E-state index in [4.69, 9.17) is 5.84 Å². The summed E-state index contributed by atoms with van der Waals surface area (Å²) >= 11 is 0. The minimum atomic E-state index is 0.295. The van der Waals surface area contributed by atoms with Gasteiger partial charge in [0.25, 0.3) is 0 Å². The van der Waals surface area contributed by atoms with Crippen molar-refractivity contribution in [2.75, 3.05) is 47.3 Å². The summed E-state index contributed by atoms with van der Waals surface area (Å²) in [5.74, 6) is 5.77. The third-order valence-electron chi connectivity index (χ3n) is 1.90. The van der Waals surface area contributed by atoms with Gasteiger partial charge in [-0.2, -0.15) is 15.6 Å². The van der Waals surface area contributed by atoms with Gasteiger partial charge in [-0.3, -0.25) is 0 Å². The molecule has 0 aliphatic carbocycles. The lowest BCUT2D eigenvalue weighted by Gasteiger charge is -2.36. The molecule has 0 atom stereocenters. The normalized spacial score (nSPS) is 23.0. The Morgan fingerprint density at radius 2 is 1.67 bits per heavy atom. The van der Waals surface area contributed by atoms with Gasteiger partial charge in [-0.1, -0.05) is 5.53 Å². The summed E-state index contributed by atoms with van der Waals surface area (Å²) in [5.41, 5.74) is 3.20. The Bertz CT molecular complexity index is 133. The number of nitrogens with one attached hydrogen (secondary N) is 1. The predicted molar refractivity (Wildman–Crippen MR) is 48.5 cm³/mol. The van der Waals surface area contributed by atoms with Crippen LogP contribution in [0.15, 0.2) is 0 Å². The Hall–Kier alpha value is -0.200. The first kappa shape index (κ1) is 9.88. The van der Waals surface area contributed by atoms with E-state index in [1.807, 2.05) is 14.1 Å². The molecule has 1 aliphatic rings. The molecule has 0 spiro atoms. The highest BCUT2D eigenvalue weighted by atomic mass is 15.9. The minimum Gasteiger partial charge on any atom is -0.304 e. The second kappa shape index (κ2) is 3.68. The zero-order valence-corrected chi connectivity index (χ0v) is 8.25. The standard InChI is InChI=1S/C7H20N5/c1-10-4-6-11(7-5-10)9-12(2,3)8/h9H,4-8H2,1-3H3/q+1. The molecule has 1 heterocycles. The van der Waals surface area contributed by atoms with E-state index in [1.165, 1.54) is 0 Å². The smallest absolute Gasteiger partial charge is 0.105 e. The lowest BCUT2D eigenvalue weighted by atomic mass is 10.4. The van der Waals surface area contributed by atoms with Crippen LogP contribution in [0.2, 0.25) is 0 Å². The topological polar surface area (TPSA) is 44.5 Å². The van der Waals surface area contributed by atoms with E-state index in [2.05, 4.69) is 22.5 Å². The molecule has 0 aromatic rings. The molecule has 0 amide bonds. The van der Waals surface area contributed by atoms with Crippen LogP contribution in [0, 0.1) is 0 Å². The van der Waals surface area contributed by atoms with Gasteiger partial charge in [0, 0.05) is 26.2 Å². The molecule has 1 rings (SSSR count). The predicted octanol–water partition coefficient (Wildman–Crippen LogP) is -1.40. The van der Waals surface area contributed by atoms with E-state index in [-0.39, 0.29) is 0 Å². The molecule has 1 fully saturated rings. The van der Waals surface area contributed by atoms with Crippen LogP contribution in [0.5, 0.6) is 0 Å². The molecule has 5 heteroatoms. The molecule has 0 saturated carbocycles. The van der Waals surface area contributed by atoms with Gasteiger partial charge in [0.15, 0.2) is 0 Å². The molecule has 0 unspecified atom stereocenters. The second-order valence-corrected chi connectivity index (χ2v) is 3.93. The van der Waals surface area contributed by atoms with Crippen LogP contribution in [0.4, 0.5) is 0 Å². The molecule has 72 valence electrons. The zero-order valence-electron chi connectivity index (χ0n) is 8.25. The molecule has 5 nitrogen and oxygen atoms in total. The Balaban J connectivity index is 2.26. The van der Waals surface area contributed by atoms with Crippen LogP contribution >= 0.6 is 0 Å². The van der Waals surface area contributed by atoms with Crippen molar-refractivity contribution < 1.29 is 4.70 Å². The van der Waals surface area contributed by atoms with Gasteiger partial charge in [0.05, 0.1) is 0 Å². The van der Waals surface area contributed by atoms with Gasteiger partial charge in [-0.25, -0.2) is 0 Å². The van der Waals surface area contributed by atoms with Crippen LogP contribution in [0.3, 0.4) is 0 Å². The molecule has 12 heavy (non-hydrogen) atoms. The number of likely N-dealkylation sites (N-methyl/N-ethyl adjacent to an activating group) is 1. The highest BCUT2D eigenvalue weighted by Gasteiger charge is 2.19. The summed E-state index contributed by atoms with van der Waals surface area (Å²) in [4.78, 5) is 2.31. The molecule has 0 radical (unpaired) electrons. The first-order chi connectivity index (χ1) is 5.47. The summed E-state index contributed by atoms with van der Waals surface area (Å²) in [6, 6.07) is 0. The number of hydrogen-bond acceptors (Lipinski definition) is 4. The summed E-state index contributed by atoms with van der Waals surface area (Å²) in [5, 5.41) is 2.17. The van der Waals surface area contributed by atoms with Crippen molar-refractivity contribution in [2.45, 2.75) is 0 Å². The Morgan fingerprint density at radius 3 is 2.08 bits per heavy atom. The number of hydrazine groups is 1. The quantitative estimate of drug-likeness (QED) is 0.307. The van der Waals surface area contributed by atoms with Crippen LogP contribution in [-0.2, 0) is 0 Å². The maximum atomic E-state index is 5.77. The lowest BCUT2D eigenvalue weighted by molar-refractivity contribution is -0.960. The summed E-state index contributed by atoms with van der Waals surface area (Å²) in [6.07, 6.45) is 0. The maximum Gasteiger partial charge on any atom is 0.105 e. The van der Waals surface area contributed by atoms with Crippen molar-refractivity contribution in [3.05, 3.63) is 0 Å². The first-order valence-corrected chi connectivity index (χ1v) is 4.31. The summed E-state index contributed by atoms with van der Waals surface area (Å²) in [7, 11) is 5.97. The average molecular weight is 174 g/mol. The van der Waals surface area contributed by atoms with Gasteiger partial charge in [-0.05, 0) is 7.05 Å². The molecule has 3 N–H and O–H groups in total. The molecule has 0 bridgehead atoms. The Morgan fingerprint density at radius 1 is 1.17 bits per heavy atom. The van der Waals surface area contributed by atoms with E-state index in [9.17, 15) is 0 Å². The van der Waals surface area contributed by atoms with Crippen LogP contribution in [0.25, 0.3) is 0 Å². The minimum absolute atomic E-state index is 0.295. The number of nitrogens with zero attached hydrogens (tertiary/aromatic N) is 3. The number of nitrogens with two attached hydrogens (primary N) is 1. The van der Waals surface area contributed by atoms with Gasteiger partial charge >= 0.3 is 0 Å². The van der Waals surface area contributed by atoms with Gasteiger partial charge in [0.1, 0.15) is 14.1 Å². The van der Waals surface area contributed by atoms with Gasteiger partial charge in [0.2, 0.25) is 0 Å². The fourth-order valence-electron chi connectivity index (χ4n) is 1.27. The maximum absolute atomic E-state index is 5.77. The van der Waals surface area contributed by atoms with Crippen molar-refractivity contribution >= 4 is 0 Å². The zero-order chi connectivity index (χ0) is 9.19. The van der Waals surface area contributed by atoms with Crippen LogP contribution in [-0.4, -0.2) is 61.9 Å². The summed E-state index contributed by atoms with van der Waals surface area (Å²) in [6.45, 7) is 4.28. The van der Waals surface area contributed by atoms with Gasteiger partial charge < -0.3 is 4.90 Å². The molecular weight excluding hydrogens is 154 g/mol. The molecule has 1 saturated heterocycles. The van der Waals surface area contributed by atoms with Crippen molar-refractivity contribution in [3.63, 3.8) is 0 Å². The van der Waals surface area contributed by atoms with Crippen LogP contribution < -0.4 is 11.4 Å². The van der Waals surface area contributed by atoms with E-state index in [0.29, 0.717) is 4.70 Å². The van der Waals surface area contributed by atoms with Crippen molar-refractivity contribution in [3.8, 4) is 0 Å². The lowest BCUT2D eigenvalue weighted by Crippen LogP contribution is -2.66. The van der Waals surface area contributed by atoms with E-state index < -0.39 is 0 Å². The Kier molecular flexibility index (Phi) is 3.03. The fourth-order valence-corrected chi connectivity index (χ4v) is 1.27. The van der Waals surface area contributed by atoms with Crippen molar-refractivity contribution in [1.29, 1.82) is 0 Å². The van der Waals surface area contributed by atoms with E-state index in [0.717, 1.165) is 26.2 Å². The molecule has 0 aromatic heterocycles. The van der Waals surface area contributed by atoms with E-state index >= 15 is 0 Å². The number of piperazine rings is 1. The molecular formula is C7H20N5+. The highest BCUT2D eigenvalue weighted by Crippen LogP contribution is 1.96. The summed E-state index contributed by atoms with van der Waals surface area (Å²) < 4.78 is 0.295. The number of rotatable bonds is 2. The number of quaternary nitrogens is 1. The third kappa shape index (κ3) is 3.46. The van der Waals surface area contributed by atoms with Gasteiger partial charge in [-0.15, -0.1) is 0 Å². The van der Waals surface area contributed by atoms with Crippen molar-refractivity contribution in [1.82, 2.24) is 15.4 Å². The molecule has 0 aromatic carbocycles. The van der Waals surface area contributed by atoms with E-state index in [1.54, 1.807) is 0 Å². The number of hydrogen-bond donors (Lipinski definition) is 2. The monoisotopic (exact) mass is 174 g/mol. The largest absolute Gasteiger partial charge is 0.304 e. The average Bonchev–Trinajstić information content (AvgIpc) is 1.91. The second-order valence-electron chi connectivity index (χ2n) is 3.93. The Labute approximate surface area is 74.2 Å².